The van der Waals surface area contributed by atoms with Gasteiger partial charge in [-0.2, -0.15) is 0 Å². The third kappa shape index (κ3) is 1.99. The molecule has 2 aromatic rings. The molecule has 15 heavy (non-hydrogen) atoms. The van der Waals surface area contributed by atoms with Crippen LogP contribution in [-0.4, -0.2) is 9.97 Å². The molecule has 76 valence electrons. The second kappa shape index (κ2) is 3.98. The summed E-state index contributed by atoms with van der Waals surface area (Å²) in [4.78, 5) is 18.1. The van der Waals surface area contributed by atoms with Crippen LogP contribution in [0.5, 0.6) is 0 Å². The minimum Gasteiger partial charge on any atom is -0.326 e. The lowest BCUT2D eigenvalue weighted by Gasteiger charge is -2.02. The Bertz CT molecular complexity index is 548. The molecule has 0 aliphatic heterocycles. The summed E-state index contributed by atoms with van der Waals surface area (Å²) in [5.74, 6) is 0. The van der Waals surface area contributed by atoms with Crippen LogP contribution in [-0.2, 0) is 0 Å². The van der Waals surface area contributed by atoms with E-state index in [2.05, 4.69) is 25.9 Å². The van der Waals surface area contributed by atoms with E-state index < -0.39 is 0 Å². The highest BCUT2D eigenvalue weighted by atomic mass is 79.9. The molecule has 1 N–H and O–H groups in total. The monoisotopic (exact) mass is 264 g/mol. The van der Waals surface area contributed by atoms with Crippen LogP contribution in [0.15, 0.2) is 39.9 Å². The van der Waals surface area contributed by atoms with E-state index in [1.165, 1.54) is 6.20 Å². The second-order valence-electron chi connectivity index (χ2n) is 3.23. The molecule has 1 aromatic heterocycles. The van der Waals surface area contributed by atoms with E-state index in [1.807, 2.05) is 25.1 Å². The number of halogens is 1. The van der Waals surface area contributed by atoms with Crippen molar-refractivity contribution >= 4 is 15.9 Å². The molecule has 0 fully saturated rings. The Morgan fingerprint density at radius 1 is 1.40 bits per heavy atom. The SMILES string of the molecule is Cc1ccc(-c2ncc[nH]c2=O)cc1Br. The van der Waals surface area contributed by atoms with E-state index in [4.69, 9.17) is 0 Å². The van der Waals surface area contributed by atoms with Gasteiger partial charge in [0.2, 0.25) is 0 Å². The first-order chi connectivity index (χ1) is 7.18. The molecule has 1 aromatic carbocycles. The van der Waals surface area contributed by atoms with Crippen LogP contribution in [0.2, 0.25) is 0 Å². The van der Waals surface area contributed by atoms with Gasteiger partial charge >= 0.3 is 0 Å². The van der Waals surface area contributed by atoms with Gasteiger partial charge in [0.15, 0.2) is 0 Å². The van der Waals surface area contributed by atoms with Gasteiger partial charge in [0, 0.05) is 22.4 Å². The molecule has 0 aliphatic carbocycles. The third-order valence-corrected chi connectivity index (χ3v) is 3.01. The van der Waals surface area contributed by atoms with E-state index in [-0.39, 0.29) is 5.56 Å². The van der Waals surface area contributed by atoms with E-state index in [1.54, 1.807) is 6.20 Å². The number of aryl methyl sites for hydroxylation is 1. The van der Waals surface area contributed by atoms with Crippen molar-refractivity contribution in [2.45, 2.75) is 6.92 Å². The van der Waals surface area contributed by atoms with Gasteiger partial charge in [0.1, 0.15) is 5.69 Å². The predicted octanol–water partition coefficient (Wildman–Crippen LogP) is 2.51. The Morgan fingerprint density at radius 2 is 2.20 bits per heavy atom. The molecule has 3 nitrogen and oxygen atoms in total. The molecule has 0 saturated heterocycles. The lowest BCUT2D eigenvalue weighted by molar-refractivity contribution is 1.14. The van der Waals surface area contributed by atoms with Crippen LogP contribution in [0.25, 0.3) is 11.3 Å². The smallest absolute Gasteiger partial charge is 0.274 e. The third-order valence-electron chi connectivity index (χ3n) is 2.15. The molecular weight excluding hydrogens is 256 g/mol. The highest BCUT2D eigenvalue weighted by molar-refractivity contribution is 9.10. The average molecular weight is 265 g/mol. The number of hydrogen-bond donors (Lipinski definition) is 1. The van der Waals surface area contributed by atoms with Crippen molar-refractivity contribution < 1.29 is 0 Å². The zero-order chi connectivity index (χ0) is 10.8. The van der Waals surface area contributed by atoms with E-state index in [0.717, 1.165) is 15.6 Å². The zero-order valence-corrected chi connectivity index (χ0v) is 9.71. The number of aromatic amines is 1. The molecule has 0 radical (unpaired) electrons. The largest absolute Gasteiger partial charge is 0.326 e. The molecular formula is C11H9BrN2O. The van der Waals surface area contributed by atoms with E-state index in [9.17, 15) is 4.79 Å². The maximum absolute atomic E-state index is 11.5. The summed E-state index contributed by atoms with van der Waals surface area (Å²) in [7, 11) is 0. The number of benzene rings is 1. The fraction of sp³-hybridized carbons (Fsp3) is 0.0909. The summed E-state index contributed by atoms with van der Waals surface area (Å²) >= 11 is 3.43. The van der Waals surface area contributed by atoms with Gasteiger partial charge in [-0.1, -0.05) is 28.1 Å². The molecule has 0 aliphatic rings. The Balaban J connectivity index is 2.60. The average Bonchev–Trinajstić information content (AvgIpc) is 2.23. The molecule has 0 unspecified atom stereocenters. The summed E-state index contributed by atoms with van der Waals surface area (Å²) in [5.41, 5.74) is 2.21. The van der Waals surface area contributed by atoms with Gasteiger partial charge in [0.05, 0.1) is 0 Å². The van der Waals surface area contributed by atoms with Gasteiger partial charge in [-0.3, -0.25) is 4.79 Å². The Kier molecular flexibility index (Phi) is 2.68. The lowest BCUT2D eigenvalue weighted by Crippen LogP contribution is -2.09. The van der Waals surface area contributed by atoms with Crippen LogP contribution in [0.3, 0.4) is 0 Å². The molecule has 0 amide bonds. The minimum absolute atomic E-state index is 0.173. The van der Waals surface area contributed by atoms with Gasteiger partial charge in [-0.05, 0) is 18.6 Å². The lowest BCUT2D eigenvalue weighted by atomic mass is 10.1. The molecule has 1 heterocycles. The van der Waals surface area contributed by atoms with Crippen LogP contribution < -0.4 is 5.56 Å². The van der Waals surface area contributed by atoms with Crippen molar-refractivity contribution in [3.05, 3.63) is 51.0 Å². The van der Waals surface area contributed by atoms with Crippen molar-refractivity contribution in [1.82, 2.24) is 9.97 Å². The predicted molar refractivity (Wildman–Crippen MR) is 62.7 cm³/mol. The molecule has 4 heteroatoms. The first-order valence-corrected chi connectivity index (χ1v) is 5.28. The Hall–Kier alpha value is -1.42. The maximum atomic E-state index is 11.5. The number of nitrogens with zero attached hydrogens (tertiary/aromatic N) is 1. The number of nitrogens with one attached hydrogen (secondary N) is 1. The van der Waals surface area contributed by atoms with Crippen molar-refractivity contribution in [2.75, 3.05) is 0 Å². The highest BCUT2D eigenvalue weighted by Gasteiger charge is 2.05. The number of hydrogen-bond acceptors (Lipinski definition) is 2. The molecule has 0 saturated carbocycles. The number of H-pyrrole nitrogens is 1. The second-order valence-corrected chi connectivity index (χ2v) is 4.09. The van der Waals surface area contributed by atoms with E-state index in [0.29, 0.717) is 5.69 Å². The molecule has 2 rings (SSSR count). The van der Waals surface area contributed by atoms with Crippen molar-refractivity contribution in [2.24, 2.45) is 0 Å². The fourth-order valence-electron chi connectivity index (χ4n) is 1.30. The van der Waals surface area contributed by atoms with E-state index >= 15 is 0 Å². The van der Waals surface area contributed by atoms with Gasteiger partial charge in [-0.15, -0.1) is 0 Å². The minimum atomic E-state index is -0.173. The van der Waals surface area contributed by atoms with Gasteiger partial charge < -0.3 is 4.98 Å². The molecule has 0 atom stereocenters. The first kappa shape index (κ1) is 10.1. The summed E-state index contributed by atoms with van der Waals surface area (Å²) in [6, 6.07) is 5.73. The summed E-state index contributed by atoms with van der Waals surface area (Å²) in [6.45, 7) is 2.00. The maximum Gasteiger partial charge on any atom is 0.274 e. The topological polar surface area (TPSA) is 45.8 Å². The number of aromatic nitrogens is 2. The Morgan fingerprint density at radius 3 is 2.87 bits per heavy atom. The highest BCUT2D eigenvalue weighted by Crippen LogP contribution is 2.22. The summed E-state index contributed by atoms with van der Waals surface area (Å²) < 4.78 is 0.977. The fourth-order valence-corrected chi connectivity index (χ4v) is 1.68. The van der Waals surface area contributed by atoms with Crippen LogP contribution in [0.1, 0.15) is 5.56 Å². The van der Waals surface area contributed by atoms with Crippen molar-refractivity contribution in [3.8, 4) is 11.3 Å². The summed E-state index contributed by atoms with van der Waals surface area (Å²) in [6.07, 6.45) is 3.10. The molecule has 0 bridgehead atoms. The zero-order valence-electron chi connectivity index (χ0n) is 8.12. The normalized spacial score (nSPS) is 10.3. The number of rotatable bonds is 1. The quantitative estimate of drug-likeness (QED) is 0.861. The first-order valence-electron chi connectivity index (χ1n) is 4.48. The van der Waals surface area contributed by atoms with Gasteiger partial charge in [-0.25, -0.2) is 4.98 Å². The van der Waals surface area contributed by atoms with Crippen LogP contribution in [0.4, 0.5) is 0 Å². The summed E-state index contributed by atoms with van der Waals surface area (Å²) in [5, 5.41) is 0. The molecule has 0 spiro atoms. The standard InChI is InChI=1S/C11H9BrN2O/c1-7-2-3-8(6-9(7)12)10-11(15)14-5-4-13-10/h2-6H,1H3,(H,14,15). The van der Waals surface area contributed by atoms with Crippen molar-refractivity contribution in [1.29, 1.82) is 0 Å². The van der Waals surface area contributed by atoms with Crippen LogP contribution in [0, 0.1) is 6.92 Å². The van der Waals surface area contributed by atoms with Gasteiger partial charge in [0.25, 0.3) is 5.56 Å². The Labute approximate surface area is 95.3 Å². The van der Waals surface area contributed by atoms with Crippen LogP contribution >= 0.6 is 15.9 Å². The van der Waals surface area contributed by atoms with Crippen molar-refractivity contribution in [3.63, 3.8) is 0 Å².